The molecular weight excluding hydrogens is 419 g/mol. The van der Waals surface area contributed by atoms with Crippen molar-refractivity contribution in [2.45, 2.75) is 46.6 Å². The van der Waals surface area contributed by atoms with Crippen LogP contribution in [-0.2, 0) is 9.53 Å². The standard InChI is InChI=1S/C17H32N4O2.HI/c1-5-18-16(19-13-17(2,3)4)21-10-8-20(9-11-21)15(22)14-7-6-12-23-14;/h14H,5-13H2,1-4H3,(H,18,19);1H. The lowest BCUT2D eigenvalue weighted by atomic mass is 9.97. The van der Waals surface area contributed by atoms with Crippen molar-refractivity contribution in [1.29, 1.82) is 0 Å². The molecule has 6 nitrogen and oxygen atoms in total. The molecule has 0 aromatic rings. The Morgan fingerprint density at radius 3 is 2.33 bits per heavy atom. The second-order valence-corrected chi connectivity index (χ2v) is 7.54. The highest BCUT2D eigenvalue weighted by atomic mass is 127. The van der Waals surface area contributed by atoms with Crippen LogP contribution in [0, 0.1) is 5.41 Å². The van der Waals surface area contributed by atoms with Crippen molar-refractivity contribution in [3.05, 3.63) is 0 Å². The van der Waals surface area contributed by atoms with E-state index in [0.29, 0.717) is 0 Å². The van der Waals surface area contributed by atoms with Gasteiger partial charge in [0.2, 0.25) is 0 Å². The lowest BCUT2D eigenvalue weighted by Gasteiger charge is -2.37. The summed E-state index contributed by atoms with van der Waals surface area (Å²) in [6.07, 6.45) is 1.67. The third kappa shape index (κ3) is 6.38. The molecule has 2 aliphatic rings. The van der Waals surface area contributed by atoms with Gasteiger partial charge in [-0.1, -0.05) is 20.8 Å². The SMILES string of the molecule is CCNC(=NCC(C)(C)C)N1CCN(C(=O)C2CCCO2)CC1.I. The number of carbonyl (C=O) groups is 1. The van der Waals surface area contributed by atoms with Gasteiger partial charge in [-0.25, -0.2) is 0 Å². The number of nitrogens with one attached hydrogen (secondary N) is 1. The molecule has 1 amide bonds. The number of carbonyl (C=O) groups excluding carboxylic acids is 1. The number of aliphatic imine (C=N–C) groups is 1. The number of hydrogen-bond donors (Lipinski definition) is 1. The van der Waals surface area contributed by atoms with E-state index in [2.05, 4.69) is 37.9 Å². The summed E-state index contributed by atoms with van der Waals surface area (Å²) < 4.78 is 5.52. The molecule has 2 aliphatic heterocycles. The minimum atomic E-state index is -0.204. The molecule has 2 saturated heterocycles. The fraction of sp³-hybridized carbons (Fsp3) is 0.882. The van der Waals surface area contributed by atoms with E-state index in [-0.39, 0.29) is 41.4 Å². The van der Waals surface area contributed by atoms with Gasteiger partial charge < -0.3 is 19.9 Å². The fourth-order valence-corrected chi connectivity index (χ4v) is 2.85. The Kier molecular flexibility index (Phi) is 8.76. The summed E-state index contributed by atoms with van der Waals surface area (Å²) in [6, 6.07) is 0. The molecule has 140 valence electrons. The highest BCUT2D eigenvalue weighted by molar-refractivity contribution is 14.0. The lowest BCUT2D eigenvalue weighted by Crippen LogP contribution is -2.55. The van der Waals surface area contributed by atoms with Crippen LogP contribution in [0.15, 0.2) is 4.99 Å². The molecule has 24 heavy (non-hydrogen) atoms. The molecule has 2 heterocycles. The molecule has 1 atom stereocenters. The summed E-state index contributed by atoms with van der Waals surface area (Å²) in [4.78, 5) is 21.4. The average molecular weight is 452 g/mol. The maximum Gasteiger partial charge on any atom is 0.251 e. The summed E-state index contributed by atoms with van der Waals surface area (Å²) in [7, 11) is 0. The Bertz CT molecular complexity index is 423. The third-order valence-electron chi connectivity index (χ3n) is 4.13. The Labute approximate surface area is 163 Å². The minimum absolute atomic E-state index is 0. The van der Waals surface area contributed by atoms with Crippen LogP contribution in [0.1, 0.15) is 40.5 Å². The second-order valence-electron chi connectivity index (χ2n) is 7.54. The quantitative estimate of drug-likeness (QED) is 0.404. The summed E-state index contributed by atoms with van der Waals surface area (Å²) >= 11 is 0. The van der Waals surface area contributed by atoms with Crippen molar-refractivity contribution in [1.82, 2.24) is 15.1 Å². The maximum atomic E-state index is 12.4. The van der Waals surface area contributed by atoms with Gasteiger partial charge in [0.05, 0.1) is 0 Å². The van der Waals surface area contributed by atoms with Crippen LogP contribution in [0.4, 0.5) is 0 Å². The van der Waals surface area contributed by atoms with Gasteiger partial charge in [0.1, 0.15) is 6.10 Å². The number of piperazine rings is 1. The van der Waals surface area contributed by atoms with Crippen molar-refractivity contribution < 1.29 is 9.53 Å². The van der Waals surface area contributed by atoms with Crippen molar-refractivity contribution in [2.75, 3.05) is 45.9 Å². The maximum absolute atomic E-state index is 12.4. The number of hydrogen-bond acceptors (Lipinski definition) is 3. The molecule has 0 aromatic heterocycles. The minimum Gasteiger partial charge on any atom is -0.368 e. The van der Waals surface area contributed by atoms with Crippen LogP contribution >= 0.6 is 24.0 Å². The first-order chi connectivity index (χ1) is 10.9. The Balaban J connectivity index is 0.00000288. The summed E-state index contributed by atoms with van der Waals surface area (Å²) in [5.41, 5.74) is 0.179. The predicted octanol–water partition coefficient (Wildman–Crippen LogP) is 1.94. The van der Waals surface area contributed by atoms with Gasteiger partial charge >= 0.3 is 0 Å². The highest BCUT2D eigenvalue weighted by Crippen LogP contribution is 2.16. The van der Waals surface area contributed by atoms with Gasteiger partial charge in [-0.2, -0.15) is 0 Å². The van der Waals surface area contributed by atoms with E-state index >= 15 is 0 Å². The number of guanidine groups is 1. The molecule has 0 saturated carbocycles. The Morgan fingerprint density at radius 2 is 1.83 bits per heavy atom. The van der Waals surface area contributed by atoms with Gasteiger partial charge in [-0.3, -0.25) is 9.79 Å². The molecule has 0 aliphatic carbocycles. The summed E-state index contributed by atoms with van der Waals surface area (Å²) in [6.45, 7) is 14.2. The predicted molar refractivity (Wildman–Crippen MR) is 108 cm³/mol. The van der Waals surface area contributed by atoms with E-state index in [4.69, 9.17) is 9.73 Å². The normalized spacial score (nSPS) is 22.3. The van der Waals surface area contributed by atoms with Crippen molar-refractivity contribution >= 4 is 35.8 Å². The van der Waals surface area contributed by atoms with Gasteiger partial charge in [0.15, 0.2) is 5.96 Å². The lowest BCUT2D eigenvalue weighted by molar-refractivity contribution is -0.142. The van der Waals surface area contributed by atoms with Crippen molar-refractivity contribution in [3.8, 4) is 0 Å². The van der Waals surface area contributed by atoms with Gasteiger partial charge in [0, 0.05) is 45.9 Å². The molecule has 0 spiro atoms. The molecule has 0 aromatic carbocycles. The zero-order valence-electron chi connectivity index (χ0n) is 15.5. The molecular formula is C17H33IN4O2. The van der Waals surface area contributed by atoms with E-state index in [1.807, 2.05) is 4.90 Å². The van der Waals surface area contributed by atoms with Gasteiger partial charge in [-0.05, 0) is 25.2 Å². The topological polar surface area (TPSA) is 57.2 Å². The first-order valence-corrected chi connectivity index (χ1v) is 8.84. The Morgan fingerprint density at radius 1 is 1.21 bits per heavy atom. The van der Waals surface area contributed by atoms with Crippen LogP contribution in [-0.4, -0.2) is 73.6 Å². The van der Waals surface area contributed by atoms with Crippen LogP contribution in [0.3, 0.4) is 0 Å². The molecule has 1 N–H and O–H groups in total. The number of amides is 1. The summed E-state index contributed by atoms with van der Waals surface area (Å²) in [5, 5.41) is 3.37. The Hall–Kier alpha value is -0.570. The largest absolute Gasteiger partial charge is 0.368 e. The molecule has 0 radical (unpaired) electrons. The van der Waals surface area contributed by atoms with Crippen LogP contribution in [0.25, 0.3) is 0 Å². The zero-order chi connectivity index (χ0) is 16.9. The zero-order valence-corrected chi connectivity index (χ0v) is 17.8. The van der Waals surface area contributed by atoms with E-state index in [0.717, 1.165) is 64.7 Å². The van der Waals surface area contributed by atoms with Crippen molar-refractivity contribution in [3.63, 3.8) is 0 Å². The molecule has 2 rings (SSSR count). The number of rotatable bonds is 3. The molecule has 2 fully saturated rings. The van der Waals surface area contributed by atoms with E-state index in [1.54, 1.807) is 0 Å². The number of ether oxygens (including phenoxy) is 1. The van der Waals surface area contributed by atoms with Crippen LogP contribution in [0.5, 0.6) is 0 Å². The summed E-state index contributed by atoms with van der Waals surface area (Å²) in [5.74, 6) is 1.13. The third-order valence-corrected chi connectivity index (χ3v) is 4.13. The smallest absolute Gasteiger partial charge is 0.251 e. The van der Waals surface area contributed by atoms with Crippen LogP contribution < -0.4 is 5.32 Å². The van der Waals surface area contributed by atoms with E-state index < -0.39 is 0 Å². The first-order valence-electron chi connectivity index (χ1n) is 8.84. The number of nitrogens with zero attached hydrogens (tertiary/aromatic N) is 3. The van der Waals surface area contributed by atoms with E-state index in [9.17, 15) is 4.79 Å². The van der Waals surface area contributed by atoms with Gasteiger partial charge in [-0.15, -0.1) is 24.0 Å². The van der Waals surface area contributed by atoms with Crippen molar-refractivity contribution in [2.24, 2.45) is 10.4 Å². The fourth-order valence-electron chi connectivity index (χ4n) is 2.85. The van der Waals surface area contributed by atoms with Gasteiger partial charge in [0.25, 0.3) is 5.91 Å². The molecule has 0 bridgehead atoms. The highest BCUT2D eigenvalue weighted by Gasteiger charge is 2.30. The number of halogens is 1. The first kappa shape index (κ1) is 21.5. The average Bonchev–Trinajstić information content (AvgIpc) is 3.04. The molecule has 7 heteroatoms. The second kappa shape index (κ2) is 9.79. The van der Waals surface area contributed by atoms with E-state index in [1.165, 1.54) is 0 Å². The van der Waals surface area contributed by atoms with Crippen LogP contribution in [0.2, 0.25) is 0 Å². The monoisotopic (exact) mass is 452 g/mol. The molecule has 1 unspecified atom stereocenters.